The van der Waals surface area contributed by atoms with E-state index in [0.29, 0.717) is 20.6 Å². The van der Waals surface area contributed by atoms with Gasteiger partial charge in [0.2, 0.25) is 0 Å². The maximum Gasteiger partial charge on any atom is 0.160 e. The van der Waals surface area contributed by atoms with Crippen LogP contribution in [-0.4, -0.2) is 16.4 Å². The Morgan fingerprint density at radius 1 is 1.05 bits per heavy atom. The van der Waals surface area contributed by atoms with Gasteiger partial charge >= 0.3 is 0 Å². The standard InChI is InChI=1S/C14H9BrCl3NO2/c1-6-9(16)4-11(14(21)12(6)18)19-5-7-2-8(15)3-10(17)13(7)20/h2-5,20-21H,1H3. The Labute approximate surface area is 144 Å². The molecule has 0 bridgehead atoms. The highest BCUT2D eigenvalue weighted by molar-refractivity contribution is 9.10. The fourth-order valence-corrected chi connectivity index (χ4v) is 2.89. The van der Waals surface area contributed by atoms with Gasteiger partial charge in [-0.2, -0.15) is 0 Å². The number of hydrogen-bond acceptors (Lipinski definition) is 3. The van der Waals surface area contributed by atoms with Gasteiger partial charge in [0.15, 0.2) is 5.75 Å². The largest absolute Gasteiger partial charge is 0.506 e. The van der Waals surface area contributed by atoms with Crippen LogP contribution in [0.2, 0.25) is 15.1 Å². The molecule has 0 amide bonds. The second-order valence-corrected chi connectivity index (χ2v) is 6.36. The van der Waals surface area contributed by atoms with Gasteiger partial charge in [0.25, 0.3) is 0 Å². The fourth-order valence-electron chi connectivity index (χ4n) is 1.61. The third kappa shape index (κ3) is 3.46. The van der Waals surface area contributed by atoms with E-state index in [0.717, 1.165) is 0 Å². The highest BCUT2D eigenvalue weighted by Crippen LogP contribution is 2.40. The lowest BCUT2D eigenvalue weighted by Crippen LogP contribution is -1.85. The maximum absolute atomic E-state index is 9.96. The van der Waals surface area contributed by atoms with Crippen molar-refractivity contribution in [3.63, 3.8) is 0 Å². The molecule has 2 aromatic carbocycles. The third-order valence-corrected chi connectivity index (χ3v) is 4.40. The lowest BCUT2D eigenvalue weighted by molar-refractivity contribution is 0.474. The number of rotatable bonds is 2. The highest BCUT2D eigenvalue weighted by Gasteiger charge is 2.12. The molecule has 0 aliphatic carbocycles. The number of aromatic hydroxyl groups is 2. The van der Waals surface area contributed by atoms with E-state index in [1.54, 1.807) is 19.1 Å². The average Bonchev–Trinajstić information content (AvgIpc) is 2.43. The summed E-state index contributed by atoms with van der Waals surface area (Å²) in [7, 11) is 0. The minimum Gasteiger partial charge on any atom is -0.506 e. The van der Waals surface area contributed by atoms with Crippen molar-refractivity contribution in [3.8, 4) is 11.5 Å². The van der Waals surface area contributed by atoms with Gasteiger partial charge in [-0.15, -0.1) is 0 Å². The Kier molecular flexibility index (Phi) is 5.04. The first-order chi connectivity index (χ1) is 9.81. The molecular formula is C14H9BrCl3NO2. The van der Waals surface area contributed by atoms with Gasteiger partial charge < -0.3 is 10.2 Å². The smallest absolute Gasteiger partial charge is 0.160 e. The van der Waals surface area contributed by atoms with Crippen molar-refractivity contribution in [3.05, 3.63) is 48.9 Å². The Balaban J connectivity index is 2.48. The Morgan fingerprint density at radius 2 is 1.71 bits per heavy atom. The molecule has 0 aliphatic heterocycles. The summed E-state index contributed by atoms with van der Waals surface area (Å²) in [4.78, 5) is 4.10. The van der Waals surface area contributed by atoms with Crippen LogP contribution in [0, 0.1) is 6.92 Å². The van der Waals surface area contributed by atoms with Crippen LogP contribution in [0.4, 0.5) is 5.69 Å². The Bertz CT molecular complexity index is 748. The van der Waals surface area contributed by atoms with Crippen molar-refractivity contribution in [1.82, 2.24) is 0 Å². The van der Waals surface area contributed by atoms with E-state index in [9.17, 15) is 10.2 Å². The molecule has 0 radical (unpaired) electrons. The summed E-state index contributed by atoms with van der Waals surface area (Å²) < 4.78 is 0.691. The van der Waals surface area contributed by atoms with Crippen molar-refractivity contribution >= 4 is 62.6 Å². The van der Waals surface area contributed by atoms with E-state index in [4.69, 9.17) is 34.8 Å². The SMILES string of the molecule is Cc1c(Cl)cc(N=Cc2cc(Br)cc(Cl)c2O)c(O)c1Cl. The first kappa shape index (κ1) is 16.4. The summed E-state index contributed by atoms with van der Waals surface area (Å²) in [6.45, 7) is 1.69. The lowest BCUT2D eigenvalue weighted by Gasteiger charge is -2.07. The van der Waals surface area contributed by atoms with Crippen LogP contribution in [0.3, 0.4) is 0 Å². The number of halogens is 4. The number of nitrogens with zero attached hydrogens (tertiary/aromatic N) is 1. The van der Waals surface area contributed by atoms with Gasteiger partial charge in [0.05, 0.1) is 10.0 Å². The van der Waals surface area contributed by atoms with Crippen LogP contribution in [0.25, 0.3) is 0 Å². The monoisotopic (exact) mass is 407 g/mol. The van der Waals surface area contributed by atoms with Crippen LogP contribution in [0.1, 0.15) is 11.1 Å². The molecule has 0 heterocycles. The van der Waals surface area contributed by atoms with Gasteiger partial charge in [-0.05, 0) is 30.7 Å². The van der Waals surface area contributed by atoms with E-state index in [1.165, 1.54) is 12.3 Å². The van der Waals surface area contributed by atoms with Crippen molar-refractivity contribution in [2.45, 2.75) is 6.92 Å². The second kappa shape index (κ2) is 6.44. The first-order valence-corrected chi connectivity index (χ1v) is 7.63. The predicted molar refractivity (Wildman–Crippen MR) is 90.9 cm³/mol. The van der Waals surface area contributed by atoms with Crippen LogP contribution in [0.5, 0.6) is 11.5 Å². The molecule has 2 rings (SSSR count). The molecule has 0 aromatic heterocycles. The average molecular weight is 409 g/mol. The number of phenolic OH excluding ortho intramolecular Hbond substituents is 2. The number of hydrogen-bond donors (Lipinski definition) is 2. The third-order valence-electron chi connectivity index (χ3n) is 2.80. The molecular weight excluding hydrogens is 400 g/mol. The Hall–Kier alpha value is -0.940. The number of benzene rings is 2. The summed E-state index contributed by atoms with van der Waals surface area (Å²) in [6.07, 6.45) is 1.36. The van der Waals surface area contributed by atoms with Crippen molar-refractivity contribution in [1.29, 1.82) is 0 Å². The van der Waals surface area contributed by atoms with Gasteiger partial charge in [-0.25, -0.2) is 0 Å². The van der Waals surface area contributed by atoms with E-state index in [2.05, 4.69) is 20.9 Å². The second-order valence-electron chi connectivity index (χ2n) is 4.25. The lowest BCUT2D eigenvalue weighted by atomic mass is 10.2. The zero-order valence-corrected chi connectivity index (χ0v) is 14.5. The summed E-state index contributed by atoms with van der Waals surface area (Å²) in [5.41, 5.74) is 1.16. The minimum absolute atomic E-state index is 0.104. The molecule has 0 saturated carbocycles. The first-order valence-electron chi connectivity index (χ1n) is 5.71. The van der Waals surface area contributed by atoms with E-state index >= 15 is 0 Å². The molecule has 7 heteroatoms. The molecule has 2 N–H and O–H groups in total. The predicted octanol–water partition coefficient (Wildman–Crippen LogP) is 5.88. The molecule has 0 fully saturated rings. The van der Waals surface area contributed by atoms with Gasteiger partial charge in [-0.1, -0.05) is 50.7 Å². The molecule has 3 nitrogen and oxygen atoms in total. The van der Waals surface area contributed by atoms with Gasteiger partial charge in [-0.3, -0.25) is 4.99 Å². The fraction of sp³-hybridized carbons (Fsp3) is 0.0714. The highest BCUT2D eigenvalue weighted by atomic mass is 79.9. The van der Waals surface area contributed by atoms with E-state index in [1.807, 2.05) is 0 Å². The number of aliphatic imine (C=N–C) groups is 1. The zero-order valence-electron chi connectivity index (χ0n) is 10.7. The summed E-state index contributed by atoms with van der Waals surface area (Å²) >= 11 is 21.1. The van der Waals surface area contributed by atoms with Gasteiger partial charge in [0.1, 0.15) is 11.4 Å². The van der Waals surface area contributed by atoms with Crippen molar-refractivity contribution in [2.75, 3.05) is 0 Å². The van der Waals surface area contributed by atoms with Crippen LogP contribution in [-0.2, 0) is 0 Å². The van der Waals surface area contributed by atoms with Crippen molar-refractivity contribution < 1.29 is 10.2 Å². The molecule has 21 heavy (non-hydrogen) atoms. The molecule has 0 spiro atoms. The molecule has 2 aromatic rings. The quantitative estimate of drug-likeness (QED) is 0.609. The molecule has 110 valence electrons. The molecule has 0 unspecified atom stereocenters. The molecule has 0 atom stereocenters. The number of phenols is 2. The molecule has 0 saturated heterocycles. The maximum atomic E-state index is 9.96. The minimum atomic E-state index is -0.171. The molecule has 0 aliphatic rings. The Morgan fingerprint density at radius 3 is 2.38 bits per heavy atom. The van der Waals surface area contributed by atoms with Crippen LogP contribution >= 0.6 is 50.7 Å². The topological polar surface area (TPSA) is 52.8 Å². The summed E-state index contributed by atoms with van der Waals surface area (Å²) in [5, 5.41) is 20.5. The van der Waals surface area contributed by atoms with Crippen molar-refractivity contribution in [2.24, 2.45) is 4.99 Å². The normalized spacial score (nSPS) is 11.3. The summed E-state index contributed by atoms with van der Waals surface area (Å²) in [5.74, 6) is -0.275. The summed E-state index contributed by atoms with van der Waals surface area (Å²) in [6, 6.07) is 4.69. The van der Waals surface area contributed by atoms with Gasteiger partial charge in [0, 0.05) is 21.3 Å². The van der Waals surface area contributed by atoms with Crippen LogP contribution < -0.4 is 0 Å². The van der Waals surface area contributed by atoms with Crippen LogP contribution in [0.15, 0.2) is 27.7 Å². The van der Waals surface area contributed by atoms with E-state index < -0.39 is 0 Å². The zero-order chi connectivity index (χ0) is 15.7. The van der Waals surface area contributed by atoms with E-state index in [-0.39, 0.29) is 27.2 Å².